The molecule has 0 atom stereocenters. The highest BCUT2D eigenvalue weighted by Gasteiger charge is 2.08. The van der Waals surface area contributed by atoms with Crippen molar-refractivity contribution < 1.29 is 9.53 Å². The van der Waals surface area contributed by atoms with Gasteiger partial charge in [0.2, 0.25) is 5.88 Å². The number of carbonyl (C=O) groups is 1. The number of nitrogens with zero attached hydrogens (tertiary/aromatic N) is 2. The van der Waals surface area contributed by atoms with E-state index >= 15 is 0 Å². The van der Waals surface area contributed by atoms with E-state index in [-0.39, 0.29) is 11.6 Å². The third kappa shape index (κ3) is 3.63. The molecule has 1 heterocycles. The van der Waals surface area contributed by atoms with Gasteiger partial charge in [-0.15, -0.1) is 0 Å². The van der Waals surface area contributed by atoms with E-state index in [0.29, 0.717) is 4.32 Å². The zero-order valence-corrected chi connectivity index (χ0v) is 10.3. The molecule has 0 spiro atoms. The summed E-state index contributed by atoms with van der Waals surface area (Å²) in [6.07, 6.45) is 4.55. The SMILES string of the molecule is COc1cncc(C(=O)NNC(=S)SC)n1. The van der Waals surface area contributed by atoms with Gasteiger partial charge in [0.15, 0.2) is 10.0 Å². The molecule has 0 aliphatic rings. The molecule has 0 radical (unpaired) electrons. The Balaban J connectivity index is 2.62. The first-order valence-electron chi connectivity index (χ1n) is 4.17. The number of aromatic nitrogens is 2. The topological polar surface area (TPSA) is 76.1 Å². The van der Waals surface area contributed by atoms with Gasteiger partial charge in [-0.25, -0.2) is 4.98 Å². The highest BCUT2D eigenvalue weighted by molar-refractivity contribution is 8.22. The number of hydrogen-bond acceptors (Lipinski definition) is 6. The predicted octanol–water partition coefficient (Wildman–Crippen LogP) is 0.367. The van der Waals surface area contributed by atoms with E-state index in [9.17, 15) is 4.79 Å². The molecule has 0 unspecified atom stereocenters. The van der Waals surface area contributed by atoms with Gasteiger partial charge < -0.3 is 4.74 Å². The van der Waals surface area contributed by atoms with Crippen molar-refractivity contribution in [3.8, 4) is 5.88 Å². The van der Waals surface area contributed by atoms with Crippen molar-refractivity contribution >= 4 is 34.2 Å². The third-order valence-electron chi connectivity index (χ3n) is 1.52. The standard InChI is InChI=1S/C8H10N4O2S2/c1-14-6-4-9-3-5(10-6)7(13)11-12-8(15)16-2/h3-4H,1-2H3,(H,11,13)(H,12,15). The van der Waals surface area contributed by atoms with Crippen molar-refractivity contribution in [2.45, 2.75) is 0 Å². The second kappa shape index (κ2) is 6.23. The van der Waals surface area contributed by atoms with Crippen molar-refractivity contribution in [2.24, 2.45) is 0 Å². The first-order chi connectivity index (χ1) is 7.67. The molecular formula is C8H10N4O2S2. The lowest BCUT2D eigenvalue weighted by molar-refractivity contribution is 0.0938. The number of ether oxygens (including phenoxy) is 1. The van der Waals surface area contributed by atoms with E-state index in [0.717, 1.165) is 0 Å². The second-order valence-electron chi connectivity index (χ2n) is 2.52. The van der Waals surface area contributed by atoms with Gasteiger partial charge in [-0.1, -0.05) is 24.0 Å². The lowest BCUT2D eigenvalue weighted by Crippen LogP contribution is -2.39. The molecule has 16 heavy (non-hydrogen) atoms. The molecule has 0 aliphatic carbocycles. The highest BCUT2D eigenvalue weighted by Crippen LogP contribution is 2.03. The molecule has 0 aromatic carbocycles. The van der Waals surface area contributed by atoms with Crippen LogP contribution in [-0.4, -0.2) is 33.6 Å². The average Bonchev–Trinajstić information content (AvgIpc) is 2.35. The number of thiocarbonyl (C=S) groups is 1. The minimum Gasteiger partial charge on any atom is -0.480 e. The van der Waals surface area contributed by atoms with Crippen LogP contribution in [0.3, 0.4) is 0 Å². The Morgan fingerprint density at radius 2 is 2.25 bits per heavy atom. The maximum atomic E-state index is 11.5. The summed E-state index contributed by atoms with van der Waals surface area (Å²) >= 11 is 6.16. The van der Waals surface area contributed by atoms with Crippen LogP contribution in [0.4, 0.5) is 0 Å². The Bertz CT molecular complexity index is 399. The number of methoxy groups -OCH3 is 1. The molecule has 0 saturated heterocycles. The van der Waals surface area contributed by atoms with Crippen molar-refractivity contribution in [3.63, 3.8) is 0 Å². The van der Waals surface area contributed by atoms with Gasteiger partial charge in [-0.3, -0.25) is 20.6 Å². The minimum absolute atomic E-state index is 0.149. The average molecular weight is 258 g/mol. The van der Waals surface area contributed by atoms with Crippen molar-refractivity contribution in [3.05, 3.63) is 18.1 Å². The molecule has 1 aromatic rings. The molecule has 6 nitrogen and oxygen atoms in total. The van der Waals surface area contributed by atoms with Crippen LogP contribution in [0, 0.1) is 0 Å². The summed E-state index contributed by atoms with van der Waals surface area (Å²) in [6, 6.07) is 0. The first-order valence-corrected chi connectivity index (χ1v) is 5.81. The van der Waals surface area contributed by atoms with Crippen LogP contribution in [0.25, 0.3) is 0 Å². The Morgan fingerprint density at radius 3 is 2.88 bits per heavy atom. The summed E-state index contributed by atoms with van der Waals surface area (Å²) in [4.78, 5) is 19.3. The number of amides is 1. The lowest BCUT2D eigenvalue weighted by Gasteiger charge is -2.07. The van der Waals surface area contributed by atoms with Crippen LogP contribution < -0.4 is 15.6 Å². The van der Waals surface area contributed by atoms with Crippen LogP contribution in [0.2, 0.25) is 0 Å². The monoisotopic (exact) mass is 258 g/mol. The zero-order chi connectivity index (χ0) is 12.0. The summed E-state index contributed by atoms with van der Waals surface area (Å²) in [5.41, 5.74) is 5.10. The van der Waals surface area contributed by atoms with Crippen LogP contribution in [0.15, 0.2) is 12.4 Å². The van der Waals surface area contributed by atoms with Gasteiger partial charge >= 0.3 is 0 Å². The quantitative estimate of drug-likeness (QED) is 0.586. The summed E-state index contributed by atoms with van der Waals surface area (Å²) in [7, 11) is 1.45. The number of hydrazine groups is 1. The summed E-state index contributed by atoms with van der Waals surface area (Å²) < 4.78 is 5.31. The molecule has 1 rings (SSSR count). The van der Waals surface area contributed by atoms with Gasteiger partial charge in [-0.05, 0) is 6.26 Å². The van der Waals surface area contributed by atoms with Crippen molar-refractivity contribution in [2.75, 3.05) is 13.4 Å². The maximum Gasteiger partial charge on any atom is 0.289 e. The molecule has 0 aliphatic heterocycles. The van der Waals surface area contributed by atoms with Crippen LogP contribution in [0.5, 0.6) is 5.88 Å². The number of carbonyl (C=O) groups excluding carboxylic acids is 1. The zero-order valence-electron chi connectivity index (χ0n) is 8.68. The first kappa shape index (κ1) is 12.7. The molecule has 86 valence electrons. The van der Waals surface area contributed by atoms with Gasteiger partial charge in [0.25, 0.3) is 5.91 Å². The fourth-order valence-electron chi connectivity index (χ4n) is 0.779. The van der Waals surface area contributed by atoms with Crippen LogP contribution in [0.1, 0.15) is 10.5 Å². The largest absolute Gasteiger partial charge is 0.480 e. The predicted molar refractivity (Wildman–Crippen MR) is 65.3 cm³/mol. The van der Waals surface area contributed by atoms with E-state index < -0.39 is 5.91 Å². The minimum atomic E-state index is -0.428. The molecule has 0 saturated carbocycles. The molecule has 2 N–H and O–H groups in total. The van der Waals surface area contributed by atoms with Gasteiger partial charge in [-0.2, -0.15) is 0 Å². The highest BCUT2D eigenvalue weighted by atomic mass is 32.2. The molecule has 1 aromatic heterocycles. The Morgan fingerprint density at radius 1 is 1.50 bits per heavy atom. The fraction of sp³-hybridized carbons (Fsp3) is 0.250. The van der Waals surface area contributed by atoms with E-state index in [2.05, 4.69) is 20.8 Å². The van der Waals surface area contributed by atoms with E-state index in [1.54, 1.807) is 6.26 Å². The maximum absolute atomic E-state index is 11.5. The Hall–Kier alpha value is -1.41. The number of hydrogen-bond donors (Lipinski definition) is 2. The Kier molecular flexibility index (Phi) is 4.93. The van der Waals surface area contributed by atoms with Gasteiger partial charge in [0.05, 0.1) is 19.5 Å². The smallest absolute Gasteiger partial charge is 0.289 e. The van der Waals surface area contributed by atoms with E-state index in [4.69, 9.17) is 17.0 Å². The van der Waals surface area contributed by atoms with Crippen LogP contribution >= 0.6 is 24.0 Å². The van der Waals surface area contributed by atoms with Crippen LogP contribution in [-0.2, 0) is 0 Å². The van der Waals surface area contributed by atoms with E-state index in [1.165, 1.54) is 31.3 Å². The fourth-order valence-corrected chi connectivity index (χ4v) is 0.983. The van der Waals surface area contributed by atoms with Gasteiger partial charge in [0, 0.05) is 0 Å². The Labute approximate surface area is 102 Å². The van der Waals surface area contributed by atoms with Crippen molar-refractivity contribution in [1.29, 1.82) is 0 Å². The van der Waals surface area contributed by atoms with Crippen molar-refractivity contribution in [1.82, 2.24) is 20.8 Å². The summed E-state index contributed by atoms with van der Waals surface area (Å²) in [6.45, 7) is 0. The van der Waals surface area contributed by atoms with E-state index in [1.807, 2.05) is 0 Å². The molecule has 8 heteroatoms. The lowest BCUT2D eigenvalue weighted by atomic mass is 10.4. The summed E-state index contributed by atoms with van der Waals surface area (Å²) in [5, 5.41) is 0. The normalized spacial score (nSPS) is 9.38. The number of thioether (sulfide) groups is 1. The molecular weight excluding hydrogens is 248 g/mol. The number of rotatable bonds is 2. The molecule has 1 amide bonds. The number of nitrogens with one attached hydrogen (secondary N) is 2. The van der Waals surface area contributed by atoms with Gasteiger partial charge in [0.1, 0.15) is 0 Å². The second-order valence-corrected chi connectivity index (χ2v) is 4.00. The molecule has 0 fully saturated rings. The molecule has 0 bridgehead atoms. The third-order valence-corrected chi connectivity index (χ3v) is 2.59. The summed E-state index contributed by atoms with van der Waals surface area (Å²) in [5.74, 6) is -0.150.